The van der Waals surface area contributed by atoms with E-state index in [1.165, 1.54) is 106 Å². The lowest BCUT2D eigenvalue weighted by molar-refractivity contribution is 1.06. The summed E-state index contributed by atoms with van der Waals surface area (Å²) in [6, 6.07) is 108. The molecule has 19 rings (SSSR count). The van der Waals surface area contributed by atoms with Gasteiger partial charge in [0, 0.05) is 95.5 Å². The summed E-state index contributed by atoms with van der Waals surface area (Å²) in [6.07, 6.45) is 3.10. The second-order valence-corrected chi connectivity index (χ2v) is 25.5. The van der Waals surface area contributed by atoms with Crippen LogP contribution in [0.2, 0.25) is 0 Å². The van der Waals surface area contributed by atoms with E-state index in [1.807, 2.05) is 83.3 Å². The molecule has 10 heteroatoms. The number of hydrogen-bond acceptors (Lipinski definition) is 8. The molecule has 94 heavy (non-hydrogen) atoms. The van der Waals surface area contributed by atoms with Gasteiger partial charge in [0.15, 0.2) is 23.3 Å². The minimum Gasteiger partial charge on any atom is -0.309 e. The lowest BCUT2D eigenvalue weighted by Gasteiger charge is -2.10. The summed E-state index contributed by atoms with van der Waals surface area (Å²) in [5.74, 6) is 2.62. The molecule has 0 amide bonds. The lowest BCUT2D eigenvalue weighted by Crippen LogP contribution is -2.00. The molecule has 19 aromatic rings. The van der Waals surface area contributed by atoms with Crippen LogP contribution in [0.15, 0.2) is 316 Å². The molecule has 0 aliphatic rings. The van der Waals surface area contributed by atoms with E-state index >= 15 is 0 Å². The summed E-state index contributed by atoms with van der Waals surface area (Å²) >= 11 is 3.74. The van der Waals surface area contributed by atoms with Gasteiger partial charge in [0.25, 0.3) is 0 Å². The minimum absolute atomic E-state index is 0.643. The molecule has 0 N–H and O–H groups in total. The largest absolute Gasteiger partial charge is 0.309 e. The van der Waals surface area contributed by atoms with Gasteiger partial charge in [0.1, 0.15) is 12.7 Å². The highest BCUT2D eigenvalue weighted by atomic mass is 32.1. The van der Waals surface area contributed by atoms with Crippen LogP contribution >= 0.6 is 22.7 Å². The zero-order valence-corrected chi connectivity index (χ0v) is 52.0. The highest BCUT2D eigenvalue weighted by Gasteiger charge is 2.23. The Hall–Kier alpha value is -12.1. The molecule has 0 fully saturated rings. The van der Waals surface area contributed by atoms with Gasteiger partial charge in [-0.3, -0.25) is 0 Å². The predicted molar refractivity (Wildman–Crippen MR) is 392 cm³/mol. The number of fused-ring (bicyclic) bond motifs is 14. The van der Waals surface area contributed by atoms with Crippen molar-refractivity contribution in [3.05, 3.63) is 316 Å². The van der Waals surface area contributed by atoms with Gasteiger partial charge in [-0.15, -0.1) is 22.7 Å². The van der Waals surface area contributed by atoms with Crippen molar-refractivity contribution in [2.75, 3.05) is 0 Å². The first kappa shape index (κ1) is 54.8. The van der Waals surface area contributed by atoms with Gasteiger partial charge in [-0.1, -0.05) is 224 Å². The summed E-state index contributed by atoms with van der Waals surface area (Å²) in [4.78, 5) is 27.8. The molecule has 8 nitrogen and oxygen atoms in total. The van der Waals surface area contributed by atoms with Gasteiger partial charge in [-0.2, -0.15) is 0 Å². The average Bonchev–Trinajstić information content (AvgIpc) is 1.57. The second-order valence-electron chi connectivity index (χ2n) is 23.4. The Labute approximate surface area is 548 Å². The molecule has 440 valence electrons. The van der Waals surface area contributed by atoms with Crippen molar-refractivity contribution in [1.82, 2.24) is 39.0 Å². The molecule has 0 aliphatic heterocycles. The van der Waals surface area contributed by atoms with Crippen molar-refractivity contribution in [3.8, 4) is 90.3 Å². The van der Waals surface area contributed by atoms with Gasteiger partial charge in [0.05, 0.1) is 22.1 Å². The maximum absolute atomic E-state index is 5.05. The van der Waals surface area contributed by atoms with Crippen molar-refractivity contribution < 1.29 is 0 Å². The van der Waals surface area contributed by atoms with E-state index in [9.17, 15) is 0 Å². The van der Waals surface area contributed by atoms with E-state index < -0.39 is 0 Å². The Kier molecular flexibility index (Phi) is 13.4. The van der Waals surface area contributed by atoms with Crippen LogP contribution in [-0.4, -0.2) is 39.0 Å². The summed E-state index contributed by atoms with van der Waals surface area (Å²) in [5.41, 5.74) is 18.0. The van der Waals surface area contributed by atoms with Gasteiger partial charge in [0.2, 0.25) is 0 Å². The Balaban J connectivity index is 0.000000139. The van der Waals surface area contributed by atoms with Gasteiger partial charge < -0.3 is 9.13 Å². The van der Waals surface area contributed by atoms with Crippen LogP contribution < -0.4 is 0 Å². The number of benzene rings is 13. The van der Waals surface area contributed by atoms with E-state index in [0.29, 0.717) is 23.3 Å². The van der Waals surface area contributed by atoms with Crippen LogP contribution in [0, 0.1) is 0 Å². The summed E-state index contributed by atoms with van der Waals surface area (Å²) in [6.45, 7) is 0. The first-order valence-corrected chi connectivity index (χ1v) is 32.9. The van der Waals surface area contributed by atoms with E-state index in [0.717, 1.165) is 44.7 Å². The maximum atomic E-state index is 5.05. The molecule has 0 radical (unpaired) electrons. The highest BCUT2D eigenvalue weighted by molar-refractivity contribution is 7.27. The number of rotatable bonds is 9. The predicted octanol–water partition coefficient (Wildman–Crippen LogP) is 22.3. The third kappa shape index (κ3) is 9.58. The monoisotopic (exact) mass is 1240 g/mol. The summed E-state index contributed by atoms with van der Waals surface area (Å²) in [5, 5.41) is 10.1. The number of hydrogen-bond donors (Lipinski definition) is 0. The topological polar surface area (TPSA) is 87.2 Å². The molecule has 0 spiro atoms. The molecular formula is C84H52N8S2. The number of aromatic nitrogens is 8. The fourth-order valence-electron chi connectivity index (χ4n) is 13.5. The SMILES string of the molecule is c1ccc(-c2ccc3sc4c(ccc5c4c4ccc(-c6nc(-c7ccccc7)nc(-c7ccccc7)n6)cc4n5-c4ccccc4)c3c2)cc1.c1ccc(-c2cccc(-c3ccc4sc5c(ccc6c5c5ccc(-c7ncncn7)cc5n6-c5ccccc5)c4c3)c2)cc1. The van der Waals surface area contributed by atoms with Crippen LogP contribution in [0.1, 0.15) is 0 Å². The molecule has 0 saturated carbocycles. The van der Waals surface area contributed by atoms with Crippen molar-refractivity contribution >= 4 is 107 Å². The molecule has 0 aliphatic carbocycles. The van der Waals surface area contributed by atoms with E-state index in [1.54, 1.807) is 12.7 Å². The fourth-order valence-corrected chi connectivity index (χ4v) is 16.0. The zero-order valence-electron chi connectivity index (χ0n) is 50.4. The molecule has 6 heterocycles. The van der Waals surface area contributed by atoms with Crippen LogP contribution in [0.3, 0.4) is 0 Å². The molecule has 0 saturated heterocycles. The second kappa shape index (κ2) is 23.0. The first-order valence-electron chi connectivity index (χ1n) is 31.3. The number of para-hydroxylation sites is 2. The first-order chi connectivity index (χ1) is 46.6. The molecular weight excluding hydrogens is 1190 g/mol. The van der Waals surface area contributed by atoms with Gasteiger partial charge in [-0.05, 0) is 112 Å². The molecule has 0 atom stereocenters. The molecule has 13 aromatic carbocycles. The van der Waals surface area contributed by atoms with Gasteiger partial charge >= 0.3 is 0 Å². The number of thiophene rings is 2. The van der Waals surface area contributed by atoms with Crippen molar-refractivity contribution in [2.24, 2.45) is 0 Å². The Bertz CT molecular complexity index is 6010. The van der Waals surface area contributed by atoms with Gasteiger partial charge in [-0.25, -0.2) is 29.9 Å². The Morgan fingerprint density at radius 2 is 0.585 bits per heavy atom. The van der Waals surface area contributed by atoms with E-state index in [4.69, 9.17) is 15.0 Å². The maximum Gasteiger partial charge on any atom is 0.164 e. The quantitative estimate of drug-likeness (QED) is 0.143. The normalized spacial score (nSPS) is 11.6. The Morgan fingerprint density at radius 3 is 1.04 bits per heavy atom. The van der Waals surface area contributed by atoms with Crippen LogP contribution in [0.25, 0.3) is 174 Å². The van der Waals surface area contributed by atoms with E-state index in [2.05, 4.69) is 267 Å². The summed E-state index contributed by atoms with van der Waals surface area (Å²) < 4.78 is 9.92. The van der Waals surface area contributed by atoms with Crippen molar-refractivity contribution in [1.29, 1.82) is 0 Å². The zero-order chi connectivity index (χ0) is 62.1. The third-order valence-corrected chi connectivity index (χ3v) is 20.3. The van der Waals surface area contributed by atoms with Crippen LogP contribution in [0.5, 0.6) is 0 Å². The summed E-state index contributed by atoms with van der Waals surface area (Å²) in [7, 11) is 0. The third-order valence-electron chi connectivity index (χ3n) is 17.9. The lowest BCUT2D eigenvalue weighted by atomic mass is 9.98. The average molecular weight is 1240 g/mol. The van der Waals surface area contributed by atoms with Crippen LogP contribution in [0.4, 0.5) is 0 Å². The minimum atomic E-state index is 0.643. The molecule has 6 aromatic heterocycles. The highest BCUT2D eigenvalue weighted by Crippen LogP contribution is 2.47. The van der Waals surface area contributed by atoms with E-state index in [-0.39, 0.29) is 0 Å². The Morgan fingerprint density at radius 1 is 0.234 bits per heavy atom. The fraction of sp³-hybridized carbons (Fsp3) is 0. The van der Waals surface area contributed by atoms with Crippen LogP contribution in [-0.2, 0) is 0 Å². The smallest absolute Gasteiger partial charge is 0.164 e. The number of nitrogens with zero attached hydrogens (tertiary/aromatic N) is 8. The molecule has 0 unspecified atom stereocenters. The standard InChI is InChI=1S/C45H28N4S.C39H24N4S/c1-5-13-29(14-6-1)32-22-26-40-37(27-32)35-24-25-38-41(42(35)50-40)36-23-21-33(28-39(36)49(38)34-19-11-4-12-20-34)45-47-43(30-15-7-2-8-16-30)46-44(48-45)31-17-9-3-10-18-31;1-3-8-25(9-4-1)26-10-7-11-27(20-26)28-15-19-36-33(21-28)31-17-18-34-37(38(31)44-36)32-16-14-29(39-41-23-40-24-42-39)22-35(32)43(34)30-12-5-2-6-13-30/h1-28H;1-24H. The molecule has 0 bridgehead atoms. The van der Waals surface area contributed by atoms with Crippen molar-refractivity contribution in [3.63, 3.8) is 0 Å². The van der Waals surface area contributed by atoms with Crippen molar-refractivity contribution in [2.45, 2.75) is 0 Å².